The minimum Gasteiger partial charge on any atom is -0.369 e. The zero-order valence-corrected chi connectivity index (χ0v) is 14.6. The number of carbonyl (C=O) groups is 1. The van der Waals surface area contributed by atoms with Gasteiger partial charge in [-0.3, -0.25) is 4.79 Å². The van der Waals surface area contributed by atoms with Crippen molar-refractivity contribution < 1.29 is 4.79 Å². The fourth-order valence-corrected chi connectivity index (χ4v) is 2.21. The van der Waals surface area contributed by atoms with Crippen molar-refractivity contribution in [3.8, 4) is 0 Å². The van der Waals surface area contributed by atoms with Crippen LogP contribution in [0.1, 0.15) is 79.6 Å². The number of nitrogens with two attached hydrogens (primary N) is 1. The van der Waals surface area contributed by atoms with E-state index in [0.717, 1.165) is 19.3 Å². The van der Waals surface area contributed by atoms with Crippen molar-refractivity contribution in [2.75, 3.05) is 19.6 Å². The molecule has 0 radical (unpaired) electrons. The Kier molecular flexibility index (Phi) is 17.9. The van der Waals surface area contributed by atoms with E-state index in [1.165, 1.54) is 45.3 Å². The van der Waals surface area contributed by atoms with Gasteiger partial charge in [-0.2, -0.15) is 0 Å². The number of primary amides is 1. The topological polar surface area (TPSA) is 46.3 Å². The minimum absolute atomic E-state index is 0.113. The van der Waals surface area contributed by atoms with Gasteiger partial charge in [-0.05, 0) is 32.5 Å². The lowest BCUT2D eigenvalue weighted by molar-refractivity contribution is -0.122. The summed E-state index contributed by atoms with van der Waals surface area (Å²) in [7, 11) is 0. The van der Waals surface area contributed by atoms with Crippen LogP contribution in [0.4, 0.5) is 0 Å². The molecule has 0 spiro atoms. The highest BCUT2D eigenvalue weighted by Gasteiger charge is 2.11. The van der Waals surface area contributed by atoms with Gasteiger partial charge in [-0.1, -0.05) is 66.7 Å². The van der Waals surface area contributed by atoms with Crippen LogP contribution in [0, 0.1) is 5.92 Å². The second-order valence-electron chi connectivity index (χ2n) is 5.33. The molecule has 0 saturated heterocycles. The van der Waals surface area contributed by atoms with Crippen LogP contribution in [0.25, 0.3) is 0 Å². The third-order valence-electron chi connectivity index (χ3n) is 3.89. The molecule has 0 rings (SSSR count). The third kappa shape index (κ3) is 13.9. The first kappa shape index (κ1) is 21.7. The highest BCUT2D eigenvalue weighted by Crippen LogP contribution is 2.13. The van der Waals surface area contributed by atoms with Crippen LogP contribution in [0.3, 0.4) is 0 Å². The molecule has 0 aliphatic carbocycles. The number of hydrogen-bond acceptors (Lipinski definition) is 2. The normalized spacial score (nSPS) is 11.9. The lowest BCUT2D eigenvalue weighted by Crippen LogP contribution is -2.22. The molecule has 1 amide bonds. The van der Waals surface area contributed by atoms with E-state index < -0.39 is 0 Å². The zero-order valence-electron chi connectivity index (χ0n) is 14.6. The monoisotopic (exact) mass is 286 g/mol. The first-order valence-electron chi connectivity index (χ1n) is 8.58. The lowest BCUT2D eigenvalue weighted by Gasteiger charge is -2.13. The summed E-state index contributed by atoms with van der Waals surface area (Å²) in [6, 6.07) is 0. The van der Waals surface area contributed by atoms with Gasteiger partial charge in [0.15, 0.2) is 0 Å². The number of rotatable bonds is 11. The number of hydrogen-bond donors (Lipinski definition) is 1. The molecule has 0 saturated carbocycles. The van der Waals surface area contributed by atoms with Crippen LogP contribution < -0.4 is 5.73 Å². The number of unbranched alkanes of at least 4 members (excludes halogenated alkanes) is 4. The average molecular weight is 287 g/mol. The molecule has 3 heteroatoms. The van der Waals surface area contributed by atoms with E-state index in [-0.39, 0.29) is 11.8 Å². The fourth-order valence-electron chi connectivity index (χ4n) is 2.21. The largest absolute Gasteiger partial charge is 0.369 e. The predicted molar refractivity (Wildman–Crippen MR) is 89.8 cm³/mol. The van der Waals surface area contributed by atoms with Crippen molar-refractivity contribution >= 4 is 5.91 Å². The Morgan fingerprint density at radius 1 is 0.900 bits per heavy atom. The Morgan fingerprint density at radius 3 is 1.70 bits per heavy atom. The van der Waals surface area contributed by atoms with Crippen LogP contribution in [0.2, 0.25) is 0 Å². The van der Waals surface area contributed by atoms with E-state index in [2.05, 4.69) is 32.6 Å². The molecular weight excluding hydrogens is 248 g/mol. The molecule has 3 nitrogen and oxygen atoms in total. The van der Waals surface area contributed by atoms with Crippen molar-refractivity contribution in [2.45, 2.75) is 79.6 Å². The van der Waals surface area contributed by atoms with Gasteiger partial charge in [0.05, 0.1) is 0 Å². The second kappa shape index (κ2) is 16.5. The van der Waals surface area contributed by atoms with Gasteiger partial charge in [0.1, 0.15) is 0 Å². The van der Waals surface area contributed by atoms with Gasteiger partial charge >= 0.3 is 0 Å². The molecule has 0 aromatic carbocycles. The predicted octanol–water partition coefficient (Wildman–Crippen LogP) is 4.21. The van der Waals surface area contributed by atoms with Crippen molar-refractivity contribution in [3.63, 3.8) is 0 Å². The summed E-state index contributed by atoms with van der Waals surface area (Å²) in [5.74, 6) is -0.0142. The summed E-state index contributed by atoms with van der Waals surface area (Å²) in [6.07, 6.45) is 8.16. The lowest BCUT2D eigenvalue weighted by atomic mass is 9.97. The van der Waals surface area contributed by atoms with E-state index in [4.69, 9.17) is 5.73 Å². The number of nitrogens with zero attached hydrogens (tertiary/aromatic N) is 1. The van der Waals surface area contributed by atoms with Gasteiger partial charge in [0.2, 0.25) is 5.91 Å². The standard InChI is InChI=1S/C11H23NO.C6H15N/c1-3-5-6-7-8-9-10(4-2)11(12)13;1-4-7(5-2)6-3/h10H,3-9H2,1-2H3,(H2,12,13);4-6H2,1-3H3. The molecule has 0 fully saturated rings. The van der Waals surface area contributed by atoms with Gasteiger partial charge in [0, 0.05) is 5.92 Å². The average Bonchev–Trinajstić information content (AvgIpc) is 2.45. The van der Waals surface area contributed by atoms with Crippen LogP contribution in [0.15, 0.2) is 0 Å². The Hall–Kier alpha value is -0.570. The molecule has 0 heterocycles. The van der Waals surface area contributed by atoms with E-state index >= 15 is 0 Å². The molecule has 0 aliphatic heterocycles. The minimum atomic E-state index is -0.127. The zero-order chi connectivity index (χ0) is 15.8. The molecular formula is C17H38N2O. The molecule has 0 aromatic heterocycles. The molecule has 0 aromatic rings. The van der Waals surface area contributed by atoms with Crippen LogP contribution >= 0.6 is 0 Å². The maximum atomic E-state index is 10.9. The van der Waals surface area contributed by atoms with Crippen LogP contribution in [0.5, 0.6) is 0 Å². The van der Waals surface area contributed by atoms with Gasteiger partial charge in [-0.25, -0.2) is 0 Å². The summed E-state index contributed by atoms with van der Waals surface area (Å²) in [6.45, 7) is 14.4. The SMILES string of the molecule is CCCCCCCC(CC)C(N)=O.CCN(CC)CC. The van der Waals surface area contributed by atoms with Crippen LogP contribution in [-0.4, -0.2) is 30.4 Å². The second-order valence-corrected chi connectivity index (χ2v) is 5.33. The van der Waals surface area contributed by atoms with Gasteiger partial charge < -0.3 is 10.6 Å². The Bertz CT molecular complexity index is 198. The first-order chi connectivity index (χ1) is 9.56. The van der Waals surface area contributed by atoms with Crippen molar-refractivity contribution in [2.24, 2.45) is 11.7 Å². The summed E-state index contributed by atoms with van der Waals surface area (Å²) in [5, 5.41) is 0. The van der Waals surface area contributed by atoms with E-state index in [9.17, 15) is 4.79 Å². The molecule has 0 bridgehead atoms. The maximum absolute atomic E-state index is 10.9. The van der Waals surface area contributed by atoms with Crippen molar-refractivity contribution in [1.82, 2.24) is 4.90 Å². The summed E-state index contributed by atoms with van der Waals surface area (Å²) < 4.78 is 0. The van der Waals surface area contributed by atoms with Crippen molar-refractivity contribution in [3.05, 3.63) is 0 Å². The van der Waals surface area contributed by atoms with E-state index in [1.807, 2.05) is 6.92 Å². The first-order valence-corrected chi connectivity index (χ1v) is 8.58. The fraction of sp³-hybridized carbons (Fsp3) is 0.941. The van der Waals surface area contributed by atoms with Gasteiger partial charge in [-0.15, -0.1) is 0 Å². The van der Waals surface area contributed by atoms with Crippen LogP contribution in [-0.2, 0) is 4.79 Å². The maximum Gasteiger partial charge on any atom is 0.220 e. The number of amides is 1. The summed E-state index contributed by atoms with van der Waals surface area (Å²) in [4.78, 5) is 13.2. The molecule has 0 aliphatic rings. The highest BCUT2D eigenvalue weighted by atomic mass is 16.1. The molecule has 20 heavy (non-hydrogen) atoms. The third-order valence-corrected chi connectivity index (χ3v) is 3.89. The Morgan fingerprint density at radius 2 is 1.40 bits per heavy atom. The molecule has 1 atom stereocenters. The van der Waals surface area contributed by atoms with E-state index in [0.29, 0.717) is 0 Å². The summed E-state index contributed by atoms with van der Waals surface area (Å²) >= 11 is 0. The smallest absolute Gasteiger partial charge is 0.220 e. The summed E-state index contributed by atoms with van der Waals surface area (Å²) in [5.41, 5.74) is 5.25. The Balaban J connectivity index is 0. The Labute approximate surface area is 127 Å². The molecule has 1 unspecified atom stereocenters. The number of carbonyl (C=O) groups excluding carboxylic acids is 1. The van der Waals surface area contributed by atoms with Gasteiger partial charge in [0.25, 0.3) is 0 Å². The highest BCUT2D eigenvalue weighted by molar-refractivity contribution is 5.76. The van der Waals surface area contributed by atoms with E-state index in [1.54, 1.807) is 0 Å². The van der Waals surface area contributed by atoms with Crippen molar-refractivity contribution in [1.29, 1.82) is 0 Å². The molecule has 122 valence electrons. The quantitative estimate of drug-likeness (QED) is 0.578. The molecule has 2 N–H and O–H groups in total.